The van der Waals surface area contributed by atoms with E-state index in [1.807, 2.05) is 6.92 Å². The molecule has 26 heavy (non-hydrogen) atoms. The molecular weight excluding hydrogens is 380 g/mol. The summed E-state index contributed by atoms with van der Waals surface area (Å²) in [5.41, 5.74) is 0.211. The molecule has 136 valence electrons. The third-order valence-electron chi connectivity index (χ3n) is 3.80. The Morgan fingerprint density at radius 2 is 2.23 bits per heavy atom. The fourth-order valence-corrected chi connectivity index (χ4v) is 3.67. The minimum Gasteiger partial charge on any atom is -0.477 e. The fraction of sp³-hybridized carbons (Fsp3) is 0.250. The molecule has 0 saturated heterocycles. The first-order valence-corrected chi connectivity index (χ1v) is 8.96. The first-order chi connectivity index (χ1) is 12.4. The number of rotatable bonds is 7. The zero-order chi connectivity index (χ0) is 18.8. The molecule has 0 fully saturated rings. The van der Waals surface area contributed by atoms with Crippen molar-refractivity contribution in [1.82, 2.24) is 14.7 Å². The van der Waals surface area contributed by atoms with Gasteiger partial charge in [0.15, 0.2) is 4.47 Å². The van der Waals surface area contributed by atoms with E-state index in [0.717, 1.165) is 0 Å². The van der Waals surface area contributed by atoms with Gasteiger partial charge in [0.2, 0.25) is 5.78 Å². The molecule has 0 atom stereocenters. The molecule has 3 heterocycles. The number of aromatic carboxylic acids is 1. The number of fused-ring (bicyclic) bond motifs is 1. The number of imidazole rings is 1. The van der Waals surface area contributed by atoms with Gasteiger partial charge in [-0.2, -0.15) is 8.97 Å². The molecule has 0 amide bonds. The normalized spacial score (nSPS) is 11.2. The molecule has 3 rings (SSSR count). The van der Waals surface area contributed by atoms with Gasteiger partial charge in [0.05, 0.1) is 17.6 Å². The summed E-state index contributed by atoms with van der Waals surface area (Å²) in [6, 6.07) is 2.94. The molecule has 0 aromatic carbocycles. The van der Waals surface area contributed by atoms with Gasteiger partial charge in [0.1, 0.15) is 12.1 Å². The molecule has 3 aromatic heterocycles. The summed E-state index contributed by atoms with van der Waals surface area (Å²) in [6.07, 6.45) is 3.10. The molecule has 8 nitrogen and oxygen atoms in total. The lowest BCUT2D eigenvalue weighted by Gasteiger charge is -1.98. The summed E-state index contributed by atoms with van der Waals surface area (Å²) in [7, 11) is 0. The van der Waals surface area contributed by atoms with E-state index in [4.69, 9.17) is 11.6 Å². The van der Waals surface area contributed by atoms with Crippen molar-refractivity contribution < 1.29 is 24.4 Å². The number of thiazole rings is 1. The average molecular weight is 396 g/mol. The second-order valence-electron chi connectivity index (χ2n) is 5.46. The highest BCUT2D eigenvalue weighted by molar-refractivity contribution is 7.15. The number of Topliss-reactive ketones (excluding diaryl/α,β-unsaturated/α-hetero) is 1. The molecule has 0 aliphatic carbocycles. The number of carboxylic acid groups (broad SMARTS) is 1. The van der Waals surface area contributed by atoms with Crippen molar-refractivity contribution in [3.63, 3.8) is 0 Å². The van der Waals surface area contributed by atoms with Crippen LogP contribution in [0.25, 0.3) is 5.65 Å². The maximum absolute atomic E-state index is 12.6. The van der Waals surface area contributed by atoms with Crippen molar-refractivity contribution >= 4 is 40.3 Å². The van der Waals surface area contributed by atoms with Crippen LogP contribution in [-0.2, 0) is 6.54 Å². The zero-order valence-electron chi connectivity index (χ0n) is 13.8. The molecule has 3 aromatic rings. The first-order valence-electron chi connectivity index (χ1n) is 7.77. The number of aromatic nitrogens is 3. The number of carbonyl (C=O) groups is 2. The number of halogens is 1. The van der Waals surface area contributed by atoms with E-state index in [0.29, 0.717) is 15.9 Å². The number of carbonyl (C=O) groups excluding carboxylic acids is 1. The van der Waals surface area contributed by atoms with E-state index in [2.05, 4.69) is 10.3 Å². The number of hydrogen-bond acceptors (Lipinski definition) is 6. The monoisotopic (exact) mass is 395 g/mol. The van der Waals surface area contributed by atoms with Gasteiger partial charge in [-0.1, -0.05) is 18.5 Å². The van der Waals surface area contributed by atoms with Crippen LogP contribution >= 0.6 is 22.9 Å². The highest BCUT2D eigenvalue weighted by Crippen LogP contribution is 2.23. The Morgan fingerprint density at radius 1 is 1.46 bits per heavy atom. The molecule has 0 aliphatic heterocycles. The summed E-state index contributed by atoms with van der Waals surface area (Å²) in [5.74, 6) is -1.80. The van der Waals surface area contributed by atoms with Crippen LogP contribution in [0.5, 0.6) is 5.88 Å². The number of likely N-dealkylation sites (N-methyl/N-ethyl adjacent to an activating group) is 1. The van der Waals surface area contributed by atoms with Gasteiger partial charge in [-0.25, -0.2) is 9.78 Å². The van der Waals surface area contributed by atoms with Crippen LogP contribution in [0.15, 0.2) is 24.5 Å². The first kappa shape index (κ1) is 18.3. The Labute approximate surface area is 157 Å². The second kappa shape index (κ2) is 7.40. The van der Waals surface area contributed by atoms with Crippen LogP contribution in [0.2, 0.25) is 4.47 Å². The van der Waals surface area contributed by atoms with Crippen LogP contribution in [0, 0.1) is 0 Å². The van der Waals surface area contributed by atoms with Crippen molar-refractivity contribution in [3.05, 3.63) is 45.1 Å². The minimum atomic E-state index is -1.16. The Morgan fingerprint density at radius 3 is 2.85 bits per heavy atom. The van der Waals surface area contributed by atoms with E-state index in [1.54, 1.807) is 12.4 Å². The minimum absolute atomic E-state index is 0.0269. The quantitative estimate of drug-likeness (QED) is 0.414. The highest BCUT2D eigenvalue weighted by atomic mass is 35.5. The molecule has 0 saturated carbocycles. The van der Waals surface area contributed by atoms with Gasteiger partial charge in [-0.05, 0) is 18.7 Å². The molecule has 10 heteroatoms. The maximum Gasteiger partial charge on any atom is 0.344 e. The molecule has 0 spiro atoms. The van der Waals surface area contributed by atoms with Gasteiger partial charge >= 0.3 is 17.5 Å². The largest absolute Gasteiger partial charge is 0.477 e. The third-order valence-corrected chi connectivity index (χ3v) is 4.90. The molecule has 0 radical (unpaired) electrons. The van der Waals surface area contributed by atoms with Crippen molar-refractivity contribution in [3.8, 4) is 5.88 Å². The van der Waals surface area contributed by atoms with Gasteiger partial charge in [-0.15, -0.1) is 11.3 Å². The smallest absolute Gasteiger partial charge is 0.344 e. The molecule has 0 aliphatic rings. The summed E-state index contributed by atoms with van der Waals surface area (Å²) < 4.78 is 3.12. The fourth-order valence-electron chi connectivity index (χ4n) is 2.70. The number of carboxylic acids is 1. The summed E-state index contributed by atoms with van der Waals surface area (Å²) in [5, 5.41) is 23.1. The second-order valence-corrected chi connectivity index (χ2v) is 7.16. The number of aromatic hydroxyl groups is 1. The van der Waals surface area contributed by atoms with Crippen LogP contribution in [0.4, 0.5) is 0 Å². The van der Waals surface area contributed by atoms with E-state index in [1.165, 1.54) is 32.4 Å². The predicted octanol–water partition coefficient (Wildman–Crippen LogP) is 1.58. The Bertz CT molecular complexity index is 998. The molecule has 0 bridgehead atoms. The number of pyridine rings is 1. The average Bonchev–Trinajstić information content (AvgIpc) is 3.14. The predicted molar refractivity (Wildman–Crippen MR) is 95.3 cm³/mol. The lowest BCUT2D eigenvalue weighted by molar-refractivity contribution is -0.667. The lowest BCUT2D eigenvalue weighted by Crippen LogP contribution is -2.34. The van der Waals surface area contributed by atoms with Crippen LogP contribution in [0.1, 0.15) is 32.6 Å². The number of hydrogen-bond donors (Lipinski definition) is 3. The van der Waals surface area contributed by atoms with Crippen molar-refractivity contribution in [2.75, 3.05) is 13.1 Å². The van der Waals surface area contributed by atoms with Crippen molar-refractivity contribution in [1.29, 1.82) is 0 Å². The SMILES string of the molecule is CCNCC(=O)c1c(O)[n+](Cc2cnc(Cl)s2)c2c(C(=O)O)cccn12. The Kier molecular flexibility index (Phi) is 5.21. The van der Waals surface area contributed by atoms with Crippen molar-refractivity contribution in [2.45, 2.75) is 13.5 Å². The maximum atomic E-state index is 12.6. The van der Waals surface area contributed by atoms with E-state index in [9.17, 15) is 19.8 Å². The van der Waals surface area contributed by atoms with Gasteiger partial charge < -0.3 is 15.5 Å². The highest BCUT2D eigenvalue weighted by Gasteiger charge is 2.33. The summed E-state index contributed by atoms with van der Waals surface area (Å²) >= 11 is 7.07. The molecule has 0 unspecified atom stereocenters. The summed E-state index contributed by atoms with van der Waals surface area (Å²) in [6.45, 7) is 2.62. The number of nitrogens with one attached hydrogen (secondary N) is 1. The number of ketones is 1. The Hall–Kier alpha value is -2.49. The molecular formula is C16H16ClN4O4S+. The van der Waals surface area contributed by atoms with Crippen LogP contribution in [0.3, 0.4) is 0 Å². The lowest BCUT2D eigenvalue weighted by atomic mass is 10.2. The topological polar surface area (TPSA) is 108 Å². The van der Waals surface area contributed by atoms with Crippen LogP contribution < -0.4 is 9.88 Å². The van der Waals surface area contributed by atoms with Gasteiger partial charge in [0, 0.05) is 6.20 Å². The molecule has 3 N–H and O–H groups in total. The standard InChI is InChI=1S/C16H15ClN4O4S/c1-2-18-7-11(22)12-14(23)21(8-9-6-19-16(17)26-9)13-10(15(24)25)4-3-5-20(12)13/h3-6,18H,2,7-8H2,1H3,(H-,22,23,24,25)/p+1. The zero-order valence-corrected chi connectivity index (χ0v) is 15.3. The summed E-state index contributed by atoms with van der Waals surface area (Å²) in [4.78, 5) is 28.9. The van der Waals surface area contributed by atoms with E-state index in [-0.39, 0.29) is 41.7 Å². The van der Waals surface area contributed by atoms with Gasteiger partial charge in [0.25, 0.3) is 5.69 Å². The third kappa shape index (κ3) is 3.28. The van der Waals surface area contributed by atoms with Crippen molar-refractivity contribution in [2.24, 2.45) is 0 Å². The van der Waals surface area contributed by atoms with E-state index >= 15 is 0 Å². The number of nitrogens with zero attached hydrogens (tertiary/aromatic N) is 3. The van der Waals surface area contributed by atoms with Crippen LogP contribution in [-0.4, -0.2) is 44.4 Å². The van der Waals surface area contributed by atoms with E-state index < -0.39 is 5.97 Å². The van der Waals surface area contributed by atoms with Gasteiger partial charge in [-0.3, -0.25) is 4.79 Å². The Balaban J connectivity index is 2.22.